The third kappa shape index (κ3) is 6.18. The van der Waals surface area contributed by atoms with Crippen LogP contribution in [0.4, 0.5) is 27.1 Å². The molecule has 4 aromatic rings. The SMILES string of the molecule is COc1ccccc1-c1noc(C)c1C(=O)N1CCN(c2cc(NC(=O)c3ccc(N4CCC4)c(F)c3)c([N+](=O)OC)cc2Cl)CC1. The second-order valence-corrected chi connectivity index (χ2v) is 11.6. The maximum absolute atomic E-state index is 14.8. The molecule has 0 aliphatic carbocycles. The van der Waals surface area contributed by atoms with Crippen LogP contribution in [0.5, 0.6) is 5.75 Å². The first kappa shape index (κ1) is 31.8. The van der Waals surface area contributed by atoms with Crippen molar-refractivity contribution in [3.63, 3.8) is 0 Å². The highest BCUT2D eigenvalue weighted by molar-refractivity contribution is 6.33. The van der Waals surface area contributed by atoms with Crippen molar-refractivity contribution in [2.75, 3.05) is 68.6 Å². The number of carbonyl (C=O) groups is 2. The van der Waals surface area contributed by atoms with Crippen LogP contribution in [0.25, 0.3) is 11.3 Å². The van der Waals surface area contributed by atoms with Crippen LogP contribution in [0.15, 0.2) is 59.1 Å². The highest BCUT2D eigenvalue weighted by Crippen LogP contribution is 2.38. The van der Waals surface area contributed by atoms with Crippen molar-refractivity contribution in [3.05, 3.63) is 87.2 Å². The number of aryl methyl sites for hydroxylation is 1. The van der Waals surface area contributed by atoms with Crippen LogP contribution in [-0.2, 0) is 4.84 Å². The first-order valence-electron chi connectivity index (χ1n) is 15.0. The van der Waals surface area contributed by atoms with Gasteiger partial charge in [0, 0.05) is 56.5 Å². The van der Waals surface area contributed by atoms with E-state index in [2.05, 4.69) is 10.5 Å². The molecule has 244 valence electrons. The summed E-state index contributed by atoms with van der Waals surface area (Å²) in [6.45, 7) is 4.74. The minimum atomic E-state index is -0.608. The zero-order chi connectivity index (χ0) is 33.2. The van der Waals surface area contributed by atoms with Gasteiger partial charge in [-0.3, -0.25) is 9.59 Å². The lowest BCUT2D eigenvalue weighted by Crippen LogP contribution is -2.49. The van der Waals surface area contributed by atoms with Crippen molar-refractivity contribution < 1.29 is 33.0 Å². The zero-order valence-electron chi connectivity index (χ0n) is 26.1. The second kappa shape index (κ2) is 13.3. The Bertz CT molecular complexity index is 1850. The van der Waals surface area contributed by atoms with Gasteiger partial charge in [0.15, 0.2) is 7.11 Å². The number of nitrogens with zero attached hydrogens (tertiary/aromatic N) is 5. The van der Waals surface area contributed by atoms with Crippen molar-refractivity contribution in [2.45, 2.75) is 13.3 Å². The lowest BCUT2D eigenvalue weighted by atomic mass is 10.0. The average molecular weight is 664 g/mol. The molecule has 1 aromatic heterocycles. The Labute approximate surface area is 275 Å². The van der Waals surface area contributed by atoms with E-state index in [1.54, 1.807) is 43.2 Å². The Morgan fingerprint density at radius 2 is 1.70 bits per heavy atom. The summed E-state index contributed by atoms with van der Waals surface area (Å²) in [6, 6.07) is 14.5. The molecule has 12 nitrogen and oxygen atoms in total. The molecule has 0 saturated carbocycles. The van der Waals surface area contributed by atoms with Crippen LogP contribution >= 0.6 is 11.6 Å². The molecule has 0 unspecified atom stereocenters. The molecule has 2 aliphatic rings. The lowest BCUT2D eigenvalue weighted by molar-refractivity contribution is -0.736. The van der Waals surface area contributed by atoms with Gasteiger partial charge >= 0.3 is 5.69 Å². The fraction of sp³-hybridized carbons (Fsp3) is 0.303. The normalized spacial score (nSPS) is 14.4. The Balaban J connectivity index is 1.21. The van der Waals surface area contributed by atoms with Gasteiger partial charge in [0.05, 0.1) is 28.4 Å². The number of piperazine rings is 1. The summed E-state index contributed by atoms with van der Waals surface area (Å²) in [7, 11) is 2.74. The highest BCUT2D eigenvalue weighted by Gasteiger charge is 2.32. The van der Waals surface area contributed by atoms with E-state index < -0.39 is 11.7 Å². The highest BCUT2D eigenvalue weighted by atomic mass is 35.5. The molecular weight excluding hydrogens is 631 g/mol. The van der Waals surface area contributed by atoms with Crippen LogP contribution in [0, 0.1) is 17.6 Å². The summed E-state index contributed by atoms with van der Waals surface area (Å²) in [5.74, 6) is -0.371. The maximum atomic E-state index is 14.8. The molecule has 0 spiro atoms. The average Bonchev–Trinajstić information content (AvgIpc) is 3.45. The second-order valence-electron chi connectivity index (χ2n) is 11.2. The predicted molar refractivity (Wildman–Crippen MR) is 174 cm³/mol. The van der Waals surface area contributed by atoms with Gasteiger partial charge in [0.25, 0.3) is 16.7 Å². The quantitative estimate of drug-likeness (QED) is 0.220. The molecule has 2 amide bonds. The predicted octanol–water partition coefficient (Wildman–Crippen LogP) is 5.85. The third-order valence-corrected chi connectivity index (χ3v) is 8.73. The Morgan fingerprint density at radius 3 is 2.36 bits per heavy atom. The number of anilines is 3. The minimum absolute atomic E-state index is 0.0344. The number of para-hydroxylation sites is 1. The van der Waals surface area contributed by atoms with Crippen molar-refractivity contribution in [1.29, 1.82) is 0 Å². The van der Waals surface area contributed by atoms with E-state index in [0.29, 0.717) is 65.9 Å². The summed E-state index contributed by atoms with van der Waals surface area (Å²) >= 11 is 6.65. The fourth-order valence-corrected chi connectivity index (χ4v) is 6.03. The molecule has 2 fully saturated rings. The summed E-state index contributed by atoms with van der Waals surface area (Å²) in [5, 5.41) is 7.13. The monoisotopic (exact) mass is 663 g/mol. The molecule has 1 N–H and O–H groups in total. The number of hydrogen-bond acceptors (Lipinski definition) is 9. The third-order valence-electron chi connectivity index (χ3n) is 8.43. The number of rotatable bonds is 9. The van der Waals surface area contributed by atoms with Gasteiger partial charge < -0.3 is 29.3 Å². The number of amides is 2. The molecule has 0 radical (unpaired) electrons. The van der Waals surface area contributed by atoms with Crippen LogP contribution in [0.2, 0.25) is 5.02 Å². The number of aromatic nitrogens is 1. The number of ether oxygens (including phenoxy) is 1. The Kier molecular flexibility index (Phi) is 8.99. The number of halogens is 2. The van der Waals surface area contributed by atoms with Gasteiger partial charge in [-0.05, 0) is 49.7 Å². The standard InChI is InChI=1S/C33H32ClFN6O6/c1-20-30(31(37-47-20)22-7-4-5-8-29(22)45-2)33(43)40-15-13-39(14-16-40)27-19-25(28(18-23(27)34)41(44)46-3)36-32(42)21-9-10-26(24(35)17-21)38-11-6-12-38/h4-5,7-10,17-19H,6,11-16H2,1-3H3/p+1. The van der Waals surface area contributed by atoms with Gasteiger partial charge in [-0.25, -0.2) is 9.23 Å². The van der Waals surface area contributed by atoms with E-state index in [1.165, 1.54) is 19.2 Å². The molecule has 14 heteroatoms. The molecule has 3 aromatic carbocycles. The summed E-state index contributed by atoms with van der Waals surface area (Å²) in [4.78, 5) is 50.2. The summed E-state index contributed by atoms with van der Waals surface area (Å²) in [6.07, 6.45) is 0.992. The summed E-state index contributed by atoms with van der Waals surface area (Å²) < 4.78 is 25.7. The first-order chi connectivity index (χ1) is 22.7. The van der Waals surface area contributed by atoms with E-state index in [-0.39, 0.29) is 32.8 Å². The van der Waals surface area contributed by atoms with E-state index in [1.807, 2.05) is 28.0 Å². The first-order valence-corrected chi connectivity index (χ1v) is 15.4. The molecular formula is C33H33ClFN6O6+. The van der Waals surface area contributed by atoms with Crippen molar-refractivity contribution in [2.24, 2.45) is 0 Å². The van der Waals surface area contributed by atoms with Crippen LogP contribution in [-0.4, -0.2) is 80.3 Å². The van der Waals surface area contributed by atoms with Crippen LogP contribution in [0.1, 0.15) is 32.9 Å². The largest absolute Gasteiger partial charge is 0.496 e. The lowest BCUT2D eigenvalue weighted by Gasteiger charge is -2.36. The smallest absolute Gasteiger partial charge is 0.341 e. The molecule has 0 atom stereocenters. The van der Waals surface area contributed by atoms with Crippen molar-refractivity contribution in [3.8, 4) is 17.0 Å². The minimum Gasteiger partial charge on any atom is -0.496 e. The number of benzene rings is 3. The van der Waals surface area contributed by atoms with E-state index in [9.17, 15) is 18.9 Å². The summed E-state index contributed by atoms with van der Waals surface area (Å²) in [5.41, 5.74) is 2.58. The zero-order valence-corrected chi connectivity index (χ0v) is 26.8. The number of methoxy groups -OCH3 is 1. The van der Waals surface area contributed by atoms with E-state index in [0.717, 1.165) is 19.5 Å². The Morgan fingerprint density at radius 1 is 0.979 bits per heavy atom. The molecule has 6 rings (SSSR count). The van der Waals surface area contributed by atoms with Crippen LogP contribution in [0.3, 0.4) is 0 Å². The Hall–Kier alpha value is -5.17. The molecule has 2 aliphatic heterocycles. The number of nitrogens with one attached hydrogen (secondary N) is 1. The van der Waals surface area contributed by atoms with Gasteiger partial charge in [-0.1, -0.05) is 28.9 Å². The molecule has 47 heavy (non-hydrogen) atoms. The maximum Gasteiger partial charge on any atom is 0.341 e. The van der Waals surface area contributed by atoms with Gasteiger partial charge in [0.1, 0.15) is 34.3 Å². The van der Waals surface area contributed by atoms with E-state index >= 15 is 0 Å². The topological polar surface area (TPSA) is 120 Å². The molecule has 0 bridgehead atoms. The number of carbonyl (C=O) groups excluding carboxylic acids is 2. The van der Waals surface area contributed by atoms with Gasteiger partial charge in [-0.15, -0.1) is 0 Å². The van der Waals surface area contributed by atoms with Crippen LogP contribution < -0.4 is 19.9 Å². The molecule has 3 heterocycles. The molecule has 2 saturated heterocycles. The van der Waals surface area contributed by atoms with Gasteiger partial charge in [0.2, 0.25) is 0 Å². The van der Waals surface area contributed by atoms with Crippen molar-refractivity contribution in [1.82, 2.24) is 10.1 Å². The van der Waals surface area contributed by atoms with Gasteiger partial charge in [-0.2, -0.15) is 0 Å². The fourth-order valence-electron chi connectivity index (χ4n) is 5.76. The van der Waals surface area contributed by atoms with Crippen molar-refractivity contribution >= 4 is 46.2 Å². The number of hydrogen-bond donors (Lipinski definition) is 1. The van der Waals surface area contributed by atoms with E-state index in [4.69, 9.17) is 25.7 Å².